The zero-order chi connectivity index (χ0) is 17.4. The lowest BCUT2D eigenvalue weighted by Crippen LogP contribution is -2.23. The number of nitrogens with one attached hydrogen (secondary N) is 2. The first-order valence-electron chi connectivity index (χ1n) is 8.29. The largest absolute Gasteiger partial charge is 0.469 e. The summed E-state index contributed by atoms with van der Waals surface area (Å²) in [4.78, 5) is 24.1. The van der Waals surface area contributed by atoms with Crippen molar-refractivity contribution < 1.29 is 14.0 Å². The molecule has 0 aliphatic heterocycles. The molecule has 4 rings (SSSR count). The quantitative estimate of drug-likeness (QED) is 0.751. The first-order chi connectivity index (χ1) is 12.2. The molecule has 6 nitrogen and oxygen atoms in total. The van der Waals surface area contributed by atoms with E-state index >= 15 is 0 Å². The highest BCUT2D eigenvalue weighted by atomic mass is 16.3. The van der Waals surface area contributed by atoms with Crippen LogP contribution in [-0.4, -0.2) is 23.4 Å². The molecule has 25 heavy (non-hydrogen) atoms. The number of aromatic nitrogens is 1. The molecule has 0 spiro atoms. The van der Waals surface area contributed by atoms with Crippen LogP contribution in [0.5, 0.6) is 0 Å². The number of hydrogen-bond donors (Lipinski definition) is 2. The Kier molecular flexibility index (Phi) is 3.80. The van der Waals surface area contributed by atoms with E-state index in [-0.39, 0.29) is 30.2 Å². The van der Waals surface area contributed by atoms with Gasteiger partial charge in [-0.25, -0.2) is 0 Å². The van der Waals surface area contributed by atoms with E-state index in [2.05, 4.69) is 10.6 Å². The van der Waals surface area contributed by atoms with Crippen LogP contribution in [0, 0.1) is 5.92 Å². The number of nitrogens with zero attached hydrogens (tertiary/aromatic N) is 1. The maximum Gasteiger partial charge on any atom is 0.239 e. The van der Waals surface area contributed by atoms with E-state index in [0.717, 1.165) is 28.8 Å². The maximum atomic E-state index is 12.4. The summed E-state index contributed by atoms with van der Waals surface area (Å²) in [5.41, 5.74) is 1.65. The standard InChI is InChI=1S/C19H19N3O3/c1-20-18(23)11-22-7-6-12-4-5-13(9-16(12)22)21-19(24)15-10-14(15)17-3-2-8-25-17/h2-9,14-15H,10-11H2,1H3,(H,20,23)(H,21,24)/t14-,15-/m0/s1. The third-order valence-corrected chi connectivity index (χ3v) is 4.67. The second-order valence-electron chi connectivity index (χ2n) is 6.34. The van der Waals surface area contributed by atoms with Gasteiger partial charge in [0.05, 0.1) is 11.8 Å². The highest BCUT2D eigenvalue weighted by Crippen LogP contribution is 2.48. The van der Waals surface area contributed by atoms with Crippen molar-refractivity contribution >= 4 is 28.4 Å². The smallest absolute Gasteiger partial charge is 0.239 e. The van der Waals surface area contributed by atoms with E-state index in [1.807, 2.05) is 47.2 Å². The lowest BCUT2D eigenvalue weighted by molar-refractivity contribution is -0.121. The first kappa shape index (κ1) is 15.5. The fourth-order valence-electron chi connectivity index (χ4n) is 3.17. The minimum atomic E-state index is -0.0637. The van der Waals surface area contributed by atoms with Gasteiger partial charge >= 0.3 is 0 Å². The number of anilines is 1. The van der Waals surface area contributed by atoms with Gasteiger partial charge in [-0.1, -0.05) is 6.07 Å². The SMILES string of the molecule is CNC(=O)Cn1ccc2ccc(NC(=O)[C@H]3C[C@@H]3c3ccco3)cc21. The fraction of sp³-hybridized carbons (Fsp3) is 0.263. The summed E-state index contributed by atoms with van der Waals surface area (Å²) in [6.07, 6.45) is 4.32. The van der Waals surface area contributed by atoms with Crippen molar-refractivity contribution in [3.63, 3.8) is 0 Å². The van der Waals surface area contributed by atoms with Crippen LogP contribution in [0.4, 0.5) is 5.69 Å². The number of rotatable bonds is 5. The third-order valence-electron chi connectivity index (χ3n) is 4.67. The number of fused-ring (bicyclic) bond motifs is 1. The summed E-state index contributed by atoms with van der Waals surface area (Å²) >= 11 is 0. The van der Waals surface area contributed by atoms with Crippen LogP contribution in [-0.2, 0) is 16.1 Å². The zero-order valence-corrected chi connectivity index (χ0v) is 13.9. The van der Waals surface area contributed by atoms with Gasteiger partial charge in [0.15, 0.2) is 0 Å². The molecule has 128 valence electrons. The van der Waals surface area contributed by atoms with Crippen molar-refractivity contribution in [3.05, 3.63) is 54.6 Å². The first-order valence-corrected chi connectivity index (χ1v) is 8.29. The van der Waals surface area contributed by atoms with E-state index in [4.69, 9.17) is 4.42 Å². The van der Waals surface area contributed by atoms with Crippen molar-refractivity contribution in [2.24, 2.45) is 5.92 Å². The predicted molar refractivity (Wildman–Crippen MR) is 94.2 cm³/mol. The van der Waals surface area contributed by atoms with Crippen molar-refractivity contribution in [1.29, 1.82) is 0 Å². The number of carbonyl (C=O) groups is 2. The lowest BCUT2D eigenvalue weighted by atomic mass is 10.2. The van der Waals surface area contributed by atoms with Crippen LogP contribution in [0.1, 0.15) is 18.1 Å². The van der Waals surface area contributed by atoms with E-state index in [0.29, 0.717) is 0 Å². The molecule has 3 aromatic rings. The Bertz CT molecular complexity index is 927. The minimum Gasteiger partial charge on any atom is -0.469 e. The highest BCUT2D eigenvalue weighted by Gasteiger charge is 2.45. The Balaban J connectivity index is 1.49. The van der Waals surface area contributed by atoms with Crippen LogP contribution in [0.25, 0.3) is 10.9 Å². The van der Waals surface area contributed by atoms with E-state index < -0.39 is 0 Å². The molecular formula is C19H19N3O3. The molecule has 6 heteroatoms. The van der Waals surface area contributed by atoms with Gasteiger partial charge in [-0.2, -0.15) is 0 Å². The molecule has 1 fully saturated rings. The monoisotopic (exact) mass is 337 g/mol. The van der Waals surface area contributed by atoms with Gasteiger partial charge in [-0.15, -0.1) is 0 Å². The average molecular weight is 337 g/mol. The molecule has 0 unspecified atom stereocenters. The maximum absolute atomic E-state index is 12.4. The zero-order valence-electron chi connectivity index (χ0n) is 13.9. The topological polar surface area (TPSA) is 76.3 Å². The molecule has 1 aromatic carbocycles. The second kappa shape index (κ2) is 6.12. The Labute approximate surface area is 144 Å². The van der Waals surface area contributed by atoms with Crippen LogP contribution in [0.2, 0.25) is 0 Å². The molecular weight excluding hydrogens is 318 g/mol. The summed E-state index contributed by atoms with van der Waals surface area (Å²) in [6.45, 7) is 0.251. The molecule has 0 saturated heterocycles. The molecule has 0 radical (unpaired) electrons. The van der Waals surface area contributed by atoms with Gasteiger partial charge in [0.1, 0.15) is 12.3 Å². The predicted octanol–water partition coefficient (Wildman–Crippen LogP) is 2.72. The number of benzene rings is 1. The number of carbonyl (C=O) groups excluding carboxylic acids is 2. The Hall–Kier alpha value is -3.02. The molecule has 2 aromatic heterocycles. The van der Waals surface area contributed by atoms with Crippen LogP contribution in [0.15, 0.2) is 53.3 Å². The van der Waals surface area contributed by atoms with Crippen LogP contribution < -0.4 is 10.6 Å². The number of likely N-dealkylation sites (N-methyl/N-ethyl adjacent to an activating group) is 1. The second-order valence-corrected chi connectivity index (χ2v) is 6.34. The van der Waals surface area contributed by atoms with Gasteiger partial charge in [0.25, 0.3) is 0 Å². The van der Waals surface area contributed by atoms with Gasteiger partial charge in [0, 0.05) is 30.8 Å². The molecule has 2 heterocycles. The van der Waals surface area contributed by atoms with Gasteiger partial charge < -0.3 is 19.6 Å². The van der Waals surface area contributed by atoms with Crippen molar-refractivity contribution in [3.8, 4) is 0 Å². The fourth-order valence-corrected chi connectivity index (χ4v) is 3.17. The molecule has 1 saturated carbocycles. The van der Waals surface area contributed by atoms with E-state index in [1.165, 1.54) is 0 Å². The van der Waals surface area contributed by atoms with E-state index in [1.54, 1.807) is 13.3 Å². The van der Waals surface area contributed by atoms with Gasteiger partial charge in [-0.05, 0) is 42.1 Å². The van der Waals surface area contributed by atoms with E-state index in [9.17, 15) is 9.59 Å². The molecule has 0 bridgehead atoms. The average Bonchev–Trinajstić information content (AvgIpc) is 3.05. The molecule has 2 N–H and O–H groups in total. The normalized spacial score (nSPS) is 18.9. The molecule has 1 aliphatic carbocycles. The number of hydrogen-bond acceptors (Lipinski definition) is 3. The molecule has 1 aliphatic rings. The number of furan rings is 1. The van der Waals surface area contributed by atoms with Crippen molar-refractivity contribution in [1.82, 2.24) is 9.88 Å². The van der Waals surface area contributed by atoms with Crippen LogP contribution >= 0.6 is 0 Å². The summed E-state index contributed by atoms with van der Waals surface area (Å²) in [5.74, 6) is 0.946. The summed E-state index contributed by atoms with van der Waals surface area (Å²) < 4.78 is 7.25. The van der Waals surface area contributed by atoms with Crippen molar-refractivity contribution in [2.45, 2.75) is 18.9 Å². The Morgan fingerprint density at radius 2 is 2.16 bits per heavy atom. The van der Waals surface area contributed by atoms with Crippen molar-refractivity contribution in [2.75, 3.05) is 12.4 Å². The third kappa shape index (κ3) is 3.03. The summed E-state index contributed by atoms with van der Waals surface area (Å²) in [7, 11) is 1.62. The number of amides is 2. The van der Waals surface area contributed by atoms with Gasteiger partial charge in [0.2, 0.25) is 11.8 Å². The Morgan fingerprint density at radius 1 is 1.28 bits per heavy atom. The summed E-state index contributed by atoms with van der Waals surface area (Å²) in [6, 6.07) is 11.4. The minimum absolute atomic E-state index is 0.00478. The molecule has 2 atom stereocenters. The highest BCUT2D eigenvalue weighted by molar-refractivity contribution is 5.97. The lowest BCUT2D eigenvalue weighted by Gasteiger charge is -2.08. The van der Waals surface area contributed by atoms with Crippen LogP contribution in [0.3, 0.4) is 0 Å². The summed E-state index contributed by atoms with van der Waals surface area (Å²) in [5, 5.41) is 6.62. The van der Waals surface area contributed by atoms with Gasteiger partial charge in [-0.3, -0.25) is 9.59 Å². The Morgan fingerprint density at radius 3 is 2.92 bits per heavy atom. The molecule has 2 amide bonds.